The van der Waals surface area contributed by atoms with Crippen molar-refractivity contribution in [3.05, 3.63) is 92.5 Å². The van der Waals surface area contributed by atoms with Gasteiger partial charge >= 0.3 is 11.7 Å². The molecule has 10 heteroatoms. The maximum absolute atomic E-state index is 13.5. The van der Waals surface area contributed by atoms with Gasteiger partial charge in [-0.1, -0.05) is 30.3 Å². The lowest BCUT2D eigenvalue weighted by atomic mass is 9.98. The summed E-state index contributed by atoms with van der Waals surface area (Å²) in [5.74, 6) is -2.08. The molecule has 35 heavy (non-hydrogen) atoms. The Bertz CT molecular complexity index is 1330. The smallest absolute Gasteiger partial charge is 0.352 e. The molecule has 1 aromatic heterocycles. The van der Waals surface area contributed by atoms with Crippen molar-refractivity contribution in [2.75, 3.05) is 19.7 Å². The van der Waals surface area contributed by atoms with E-state index in [9.17, 15) is 23.6 Å². The maximum atomic E-state index is 13.5. The number of hydrogen-bond donors (Lipinski definition) is 0. The third kappa shape index (κ3) is 5.21. The van der Waals surface area contributed by atoms with E-state index in [-0.39, 0.29) is 25.4 Å². The Hall–Kier alpha value is -4.08. The molecule has 9 nitrogen and oxygen atoms in total. The quantitative estimate of drug-likeness (QED) is 0.500. The highest BCUT2D eigenvalue weighted by atomic mass is 19.1. The van der Waals surface area contributed by atoms with Gasteiger partial charge in [0, 0.05) is 13.1 Å². The number of halogens is 1. The fourth-order valence-electron chi connectivity index (χ4n) is 4.07. The molecule has 1 aliphatic rings. The Kier molecular flexibility index (Phi) is 7.19. The zero-order valence-corrected chi connectivity index (χ0v) is 19.2. The Morgan fingerprint density at radius 3 is 2.49 bits per heavy atom. The third-order valence-corrected chi connectivity index (χ3v) is 5.85. The summed E-state index contributed by atoms with van der Waals surface area (Å²) in [5, 5.41) is 4.10. The van der Waals surface area contributed by atoms with Crippen LogP contribution < -0.4 is 11.2 Å². The molecular formula is C25H25FN4O5. The summed E-state index contributed by atoms with van der Waals surface area (Å²) in [5.41, 5.74) is -1.16. The summed E-state index contributed by atoms with van der Waals surface area (Å²) in [6.07, 6.45) is 1.13. The normalized spacial score (nSPS) is 15.6. The molecule has 1 atom stereocenters. The fraction of sp³-hybridized carbons (Fsp3) is 0.320. The number of nitrogens with zero attached hydrogens (tertiary/aromatic N) is 4. The van der Waals surface area contributed by atoms with Gasteiger partial charge in [0.15, 0.2) is 0 Å². The van der Waals surface area contributed by atoms with Crippen LogP contribution in [0.5, 0.6) is 0 Å². The van der Waals surface area contributed by atoms with Gasteiger partial charge in [0.1, 0.15) is 5.82 Å². The van der Waals surface area contributed by atoms with E-state index < -0.39 is 40.6 Å². The number of piperidine rings is 1. The molecule has 1 saturated heterocycles. The Morgan fingerprint density at radius 1 is 1.09 bits per heavy atom. The molecule has 2 heterocycles. The van der Waals surface area contributed by atoms with E-state index in [0.717, 1.165) is 21.4 Å². The molecule has 4 rings (SSSR count). The lowest BCUT2D eigenvalue weighted by Gasteiger charge is -2.31. The number of likely N-dealkylation sites (tertiary alicyclic amines) is 1. The van der Waals surface area contributed by atoms with Gasteiger partial charge in [-0.25, -0.2) is 9.18 Å². The first kappa shape index (κ1) is 24.1. The van der Waals surface area contributed by atoms with Crippen molar-refractivity contribution in [2.24, 2.45) is 5.92 Å². The summed E-state index contributed by atoms with van der Waals surface area (Å²) >= 11 is 0. The van der Waals surface area contributed by atoms with E-state index in [0.29, 0.717) is 24.9 Å². The Balaban J connectivity index is 1.77. The van der Waals surface area contributed by atoms with Crippen molar-refractivity contribution >= 4 is 11.9 Å². The van der Waals surface area contributed by atoms with Crippen molar-refractivity contribution in [2.45, 2.75) is 26.3 Å². The van der Waals surface area contributed by atoms with Crippen molar-refractivity contribution in [1.29, 1.82) is 0 Å². The highest BCUT2D eigenvalue weighted by Gasteiger charge is 2.32. The van der Waals surface area contributed by atoms with Crippen LogP contribution in [0.3, 0.4) is 0 Å². The predicted octanol–water partition coefficient (Wildman–Crippen LogP) is 2.00. The standard InChI is InChI=1S/C25H25FN4O5/c1-2-35-24(33)18-9-6-14-28(16-18)22(31)21-23(32)29(15-17-7-4-3-5-8-17)25(34)30(27-21)20-12-10-19(26)11-13-20/h3-5,7-8,10-13,18H,2,6,9,14-16H2,1H3. The lowest BCUT2D eigenvalue weighted by Crippen LogP contribution is -2.49. The summed E-state index contributed by atoms with van der Waals surface area (Å²) in [6, 6.07) is 13.9. The average Bonchev–Trinajstić information content (AvgIpc) is 2.88. The predicted molar refractivity (Wildman–Crippen MR) is 125 cm³/mol. The van der Waals surface area contributed by atoms with Crippen LogP contribution in [0.1, 0.15) is 35.8 Å². The molecule has 182 valence electrons. The minimum absolute atomic E-state index is 0.0754. The van der Waals surface area contributed by atoms with Gasteiger partial charge in [-0.15, -0.1) is 0 Å². The summed E-state index contributed by atoms with van der Waals surface area (Å²) < 4.78 is 20.4. The summed E-state index contributed by atoms with van der Waals surface area (Å²) in [4.78, 5) is 53.6. The summed E-state index contributed by atoms with van der Waals surface area (Å²) in [6.45, 7) is 2.30. The Labute approximate surface area is 200 Å². The number of hydrogen-bond acceptors (Lipinski definition) is 6. The molecular weight excluding hydrogens is 455 g/mol. The molecule has 0 bridgehead atoms. The van der Waals surface area contributed by atoms with Gasteiger partial charge < -0.3 is 9.64 Å². The molecule has 1 fully saturated rings. The minimum atomic E-state index is -0.833. The minimum Gasteiger partial charge on any atom is -0.466 e. The second kappa shape index (κ2) is 10.5. The van der Waals surface area contributed by atoms with Crippen LogP contribution >= 0.6 is 0 Å². The van der Waals surface area contributed by atoms with Crippen molar-refractivity contribution in [3.63, 3.8) is 0 Å². The summed E-state index contributed by atoms with van der Waals surface area (Å²) in [7, 11) is 0. The van der Waals surface area contributed by atoms with E-state index in [2.05, 4.69) is 5.10 Å². The first-order valence-corrected chi connectivity index (χ1v) is 11.4. The molecule has 0 aliphatic carbocycles. The highest BCUT2D eigenvalue weighted by molar-refractivity contribution is 5.92. The highest BCUT2D eigenvalue weighted by Crippen LogP contribution is 2.19. The molecule has 2 aromatic carbocycles. The monoisotopic (exact) mass is 480 g/mol. The molecule has 3 aromatic rings. The van der Waals surface area contributed by atoms with Crippen molar-refractivity contribution in [3.8, 4) is 5.69 Å². The topological polar surface area (TPSA) is 104 Å². The van der Waals surface area contributed by atoms with Gasteiger partial charge in [0.25, 0.3) is 11.5 Å². The van der Waals surface area contributed by atoms with Gasteiger partial charge in [0.05, 0.1) is 24.8 Å². The van der Waals surface area contributed by atoms with Gasteiger partial charge in [-0.2, -0.15) is 9.78 Å². The van der Waals surface area contributed by atoms with Crippen LogP contribution in [0.15, 0.2) is 64.2 Å². The van der Waals surface area contributed by atoms with Crippen molar-refractivity contribution < 1.29 is 18.7 Å². The first-order chi connectivity index (χ1) is 16.9. The van der Waals surface area contributed by atoms with Crippen molar-refractivity contribution in [1.82, 2.24) is 19.2 Å². The van der Waals surface area contributed by atoms with Crippen LogP contribution in [0, 0.1) is 11.7 Å². The lowest BCUT2D eigenvalue weighted by molar-refractivity contribution is -0.149. The second-order valence-corrected chi connectivity index (χ2v) is 8.24. The molecule has 0 N–H and O–H groups in total. The van der Waals surface area contributed by atoms with Crippen LogP contribution in [0.2, 0.25) is 0 Å². The molecule has 1 unspecified atom stereocenters. The van der Waals surface area contributed by atoms with Crippen LogP contribution in [0.4, 0.5) is 4.39 Å². The number of esters is 1. The van der Waals surface area contributed by atoms with E-state index in [1.165, 1.54) is 17.0 Å². The third-order valence-electron chi connectivity index (χ3n) is 5.85. The van der Waals surface area contributed by atoms with Crippen LogP contribution in [-0.2, 0) is 16.1 Å². The zero-order valence-electron chi connectivity index (χ0n) is 19.2. The number of ether oxygens (including phenoxy) is 1. The molecule has 1 amide bonds. The van der Waals surface area contributed by atoms with E-state index in [1.54, 1.807) is 37.3 Å². The second-order valence-electron chi connectivity index (χ2n) is 8.24. The molecule has 1 aliphatic heterocycles. The maximum Gasteiger partial charge on any atom is 0.352 e. The number of aromatic nitrogens is 3. The van der Waals surface area contributed by atoms with Crippen LogP contribution in [0.25, 0.3) is 5.69 Å². The number of benzene rings is 2. The number of amides is 1. The SMILES string of the molecule is CCOC(=O)C1CCCN(C(=O)c2nn(-c3ccc(F)cc3)c(=O)n(Cc3ccccc3)c2=O)C1. The Morgan fingerprint density at radius 2 is 1.80 bits per heavy atom. The number of carbonyl (C=O) groups excluding carboxylic acids is 2. The fourth-order valence-corrected chi connectivity index (χ4v) is 4.07. The van der Waals surface area contributed by atoms with Gasteiger partial charge in [0.2, 0.25) is 5.69 Å². The van der Waals surface area contributed by atoms with Gasteiger partial charge in [-0.3, -0.25) is 19.0 Å². The number of carbonyl (C=O) groups is 2. The van der Waals surface area contributed by atoms with Crippen LogP contribution in [-0.4, -0.2) is 50.8 Å². The molecule has 0 saturated carbocycles. The first-order valence-electron chi connectivity index (χ1n) is 11.4. The number of rotatable bonds is 6. The van der Waals surface area contributed by atoms with E-state index in [1.807, 2.05) is 0 Å². The largest absolute Gasteiger partial charge is 0.466 e. The van der Waals surface area contributed by atoms with E-state index >= 15 is 0 Å². The van der Waals surface area contributed by atoms with Gasteiger partial charge in [-0.05, 0) is 49.6 Å². The van der Waals surface area contributed by atoms with E-state index in [4.69, 9.17) is 4.74 Å². The molecule has 0 spiro atoms. The zero-order chi connectivity index (χ0) is 24.9. The average molecular weight is 480 g/mol. The molecule has 0 radical (unpaired) electrons.